The molecule has 1 N–H and O–H groups in total. The number of ether oxygens (including phenoxy) is 1. The third kappa shape index (κ3) is 5.62. The van der Waals surface area contributed by atoms with Crippen molar-refractivity contribution in [3.8, 4) is 17.6 Å². The molecule has 1 heterocycles. The summed E-state index contributed by atoms with van der Waals surface area (Å²) in [5.74, 6) is 6.91. The quantitative estimate of drug-likeness (QED) is 0.832. The molecule has 1 aliphatic heterocycles. The number of para-hydroxylation sites is 1. The second-order valence-electron chi connectivity index (χ2n) is 6.73. The highest BCUT2D eigenvalue weighted by molar-refractivity contribution is 5.88. The zero-order valence-electron chi connectivity index (χ0n) is 16.0. The summed E-state index contributed by atoms with van der Waals surface area (Å²) in [6, 6.07) is 16.6. The van der Waals surface area contributed by atoms with E-state index in [0.717, 1.165) is 24.8 Å². The van der Waals surface area contributed by atoms with Crippen molar-refractivity contribution in [1.82, 2.24) is 4.90 Å². The Morgan fingerprint density at radius 3 is 2.75 bits per heavy atom. The maximum atomic E-state index is 12.7. The molecule has 28 heavy (non-hydrogen) atoms. The SMILES string of the molecule is CC(=O)Nc1cccc(C#C[C@H]2CCCCN2C(=O)COc2ccccc2)c1. The molecular weight excluding hydrogens is 352 g/mol. The highest BCUT2D eigenvalue weighted by atomic mass is 16.5. The largest absolute Gasteiger partial charge is 0.484 e. The highest BCUT2D eigenvalue weighted by Gasteiger charge is 2.25. The van der Waals surface area contributed by atoms with Gasteiger partial charge in [0.2, 0.25) is 5.91 Å². The van der Waals surface area contributed by atoms with Crippen molar-refractivity contribution in [3.05, 3.63) is 60.2 Å². The van der Waals surface area contributed by atoms with Crippen LogP contribution in [-0.2, 0) is 9.59 Å². The molecule has 1 saturated heterocycles. The highest BCUT2D eigenvalue weighted by Crippen LogP contribution is 2.18. The Kier molecular flexibility index (Phi) is 6.69. The van der Waals surface area contributed by atoms with Crippen molar-refractivity contribution >= 4 is 17.5 Å². The summed E-state index contributed by atoms with van der Waals surface area (Å²) in [6.45, 7) is 2.18. The standard InChI is InChI=1S/C23H24N2O3/c1-18(26)24-20-9-7-8-19(16-20)13-14-21-10-5-6-15-25(21)23(27)17-28-22-11-3-2-4-12-22/h2-4,7-9,11-12,16,21H,5-6,10,15,17H2,1H3,(H,24,26)/t21-/m1/s1. The van der Waals surface area contributed by atoms with Crippen LogP contribution in [0.15, 0.2) is 54.6 Å². The molecule has 1 fully saturated rings. The van der Waals surface area contributed by atoms with Gasteiger partial charge in [0.15, 0.2) is 6.61 Å². The minimum Gasteiger partial charge on any atom is -0.484 e. The average Bonchev–Trinajstić information content (AvgIpc) is 2.71. The first-order valence-electron chi connectivity index (χ1n) is 9.48. The van der Waals surface area contributed by atoms with Gasteiger partial charge in [-0.05, 0) is 49.6 Å². The molecule has 2 aromatic rings. The summed E-state index contributed by atoms with van der Waals surface area (Å²) in [4.78, 5) is 25.7. The summed E-state index contributed by atoms with van der Waals surface area (Å²) in [5.41, 5.74) is 1.52. The zero-order valence-corrected chi connectivity index (χ0v) is 16.0. The van der Waals surface area contributed by atoms with Crippen LogP contribution < -0.4 is 10.1 Å². The van der Waals surface area contributed by atoms with Gasteiger partial charge in [-0.15, -0.1) is 0 Å². The Balaban J connectivity index is 1.66. The zero-order chi connectivity index (χ0) is 19.8. The fraction of sp³-hybridized carbons (Fsp3) is 0.304. The Hall–Kier alpha value is -3.26. The first kappa shape index (κ1) is 19.5. The summed E-state index contributed by atoms with van der Waals surface area (Å²) < 4.78 is 5.61. The normalized spacial score (nSPS) is 15.9. The van der Waals surface area contributed by atoms with E-state index in [2.05, 4.69) is 17.2 Å². The van der Waals surface area contributed by atoms with E-state index in [4.69, 9.17) is 4.74 Å². The number of nitrogens with one attached hydrogen (secondary N) is 1. The summed E-state index contributed by atoms with van der Waals surface area (Å²) in [6.07, 6.45) is 2.89. The number of rotatable bonds is 4. The van der Waals surface area contributed by atoms with Gasteiger partial charge in [-0.3, -0.25) is 9.59 Å². The third-order valence-electron chi connectivity index (χ3n) is 4.49. The maximum absolute atomic E-state index is 12.7. The topological polar surface area (TPSA) is 58.6 Å². The van der Waals surface area contributed by atoms with E-state index in [1.54, 1.807) is 0 Å². The second kappa shape index (κ2) is 9.61. The van der Waals surface area contributed by atoms with Gasteiger partial charge in [0, 0.05) is 24.7 Å². The molecule has 0 aliphatic carbocycles. The van der Waals surface area contributed by atoms with Gasteiger partial charge in [0.1, 0.15) is 5.75 Å². The minimum atomic E-state index is -0.120. The third-order valence-corrected chi connectivity index (χ3v) is 4.49. The molecular formula is C23H24N2O3. The first-order chi connectivity index (χ1) is 13.6. The lowest BCUT2D eigenvalue weighted by Gasteiger charge is -2.32. The number of carbonyl (C=O) groups excluding carboxylic acids is 2. The predicted octanol–water partition coefficient (Wildman–Crippen LogP) is 3.46. The van der Waals surface area contributed by atoms with Crippen molar-refractivity contribution in [2.24, 2.45) is 0 Å². The van der Waals surface area contributed by atoms with Crippen LogP contribution in [0.5, 0.6) is 5.75 Å². The molecule has 144 valence electrons. The summed E-state index contributed by atoms with van der Waals surface area (Å²) in [5, 5.41) is 2.75. The lowest BCUT2D eigenvalue weighted by Crippen LogP contribution is -2.45. The van der Waals surface area contributed by atoms with E-state index < -0.39 is 0 Å². The maximum Gasteiger partial charge on any atom is 0.261 e. The summed E-state index contributed by atoms with van der Waals surface area (Å²) in [7, 11) is 0. The van der Waals surface area contributed by atoms with Crippen LogP contribution in [0.3, 0.4) is 0 Å². The number of nitrogens with zero attached hydrogens (tertiary/aromatic N) is 1. The van der Waals surface area contributed by atoms with Crippen molar-refractivity contribution in [3.63, 3.8) is 0 Å². The Labute approximate surface area is 165 Å². The molecule has 0 saturated carbocycles. The monoisotopic (exact) mass is 376 g/mol. The van der Waals surface area contributed by atoms with Gasteiger partial charge < -0.3 is 15.0 Å². The molecule has 3 rings (SSSR count). The Morgan fingerprint density at radius 2 is 1.96 bits per heavy atom. The van der Waals surface area contributed by atoms with Crippen LogP contribution >= 0.6 is 0 Å². The number of amides is 2. The lowest BCUT2D eigenvalue weighted by molar-refractivity contribution is -0.135. The van der Waals surface area contributed by atoms with E-state index in [1.807, 2.05) is 59.5 Å². The molecule has 5 nitrogen and oxygen atoms in total. The average molecular weight is 376 g/mol. The number of likely N-dealkylation sites (tertiary alicyclic amines) is 1. The van der Waals surface area contributed by atoms with Crippen LogP contribution in [0, 0.1) is 11.8 Å². The van der Waals surface area contributed by atoms with Crippen molar-refractivity contribution < 1.29 is 14.3 Å². The van der Waals surface area contributed by atoms with Crippen molar-refractivity contribution in [2.45, 2.75) is 32.2 Å². The molecule has 2 aromatic carbocycles. The van der Waals surface area contributed by atoms with E-state index in [1.165, 1.54) is 6.92 Å². The fourth-order valence-corrected chi connectivity index (χ4v) is 3.17. The number of hydrogen-bond donors (Lipinski definition) is 1. The molecule has 0 radical (unpaired) electrons. The summed E-state index contributed by atoms with van der Waals surface area (Å²) >= 11 is 0. The lowest BCUT2D eigenvalue weighted by atomic mass is 10.0. The first-order valence-corrected chi connectivity index (χ1v) is 9.48. The van der Waals surface area contributed by atoms with E-state index in [9.17, 15) is 9.59 Å². The number of piperidine rings is 1. The van der Waals surface area contributed by atoms with E-state index >= 15 is 0 Å². The molecule has 0 unspecified atom stereocenters. The number of anilines is 1. The van der Waals surface area contributed by atoms with Gasteiger partial charge in [-0.1, -0.05) is 36.1 Å². The van der Waals surface area contributed by atoms with Crippen molar-refractivity contribution in [2.75, 3.05) is 18.5 Å². The molecule has 5 heteroatoms. The molecule has 0 bridgehead atoms. The molecule has 1 atom stereocenters. The van der Waals surface area contributed by atoms with Gasteiger partial charge in [0.25, 0.3) is 5.91 Å². The molecule has 0 aromatic heterocycles. The van der Waals surface area contributed by atoms with Gasteiger partial charge >= 0.3 is 0 Å². The van der Waals surface area contributed by atoms with E-state index in [0.29, 0.717) is 18.0 Å². The van der Waals surface area contributed by atoms with Crippen LogP contribution in [0.2, 0.25) is 0 Å². The van der Waals surface area contributed by atoms with E-state index in [-0.39, 0.29) is 24.5 Å². The van der Waals surface area contributed by atoms with Crippen molar-refractivity contribution in [1.29, 1.82) is 0 Å². The number of benzene rings is 2. The van der Waals surface area contributed by atoms with Crippen LogP contribution in [0.1, 0.15) is 31.7 Å². The van der Waals surface area contributed by atoms with Gasteiger partial charge in [-0.25, -0.2) is 0 Å². The van der Waals surface area contributed by atoms with Crippen LogP contribution in [0.25, 0.3) is 0 Å². The fourth-order valence-electron chi connectivity index (χ4n) is 3.17. The second-order valence-corrected chi connectivity index (χ2v) is 6.73. The smallest absolute Gasteiger partial charge is 0.261 e. The van der Waals surface area contributed by atoms with Gasteiger partial charge in [-0.2, -0.15) is 0 Å². The molecule has 0 spiro atoms. The Morgan fingerprint density at radius 1 is 1.14 bits per heavy atom. The molecule has 1 aliphatic rings. The van der Waals surface area contributed by atoms with Crippen LogP contribution in [-0.4, -0.2) is 35.9 Å². The Bertz CT molecular complexity index is 883. The molecule has 2 amide bonds. The predicted molar refractivity (Wildman–Crippen MR) is 109 cm³/mol. The van der Waals surface area contributed by atoms with Crippen LogP contribution in [0.4, 0.5) is 5.69 Å². The number of carbonyl (C=O) groups is 2. The minimum absolute atomic E-state index is 0.0141. The number of hydrogen-bond acceptors (Lipinski definition) is 3. The van der Waals surface area contributed by atoms with Gasteiger partial charge in [0.05, 0.1) is 6.04 Å².